The zero-order valence-electron chi connectivity index (χ0n) is 10.7. The fraction of sp³-hybridized carbons (Fsp3) is 0.462. The molecule has 0 saturated carbocycles. The van der Waals surface area contributed by atoms with Crippen molar-refractivity contribution in [3.8, 4) is 5.75 Å². The molecule has 1 rings (SSSR count). The summed E-state index contributed by atoms with van der Waals surface area (Å²) in [5.74, 6) is -1.12. The molecule has 0 heterocycles. The highest BCUT2D eigenvalue weighted by atomic mass is 19.1. The number of carboxylic acids is 1. The van der Waals surface area contributed by atoms with Gasteiger partial charge in [-0.15, -0.1) is 0 Å². The first-order valence-electron chi connectivity index (χ1n) is 5.65. The molecule has 100 valence electrons. The third-order valence-corrected chi connectivity index (χ3v) is 2.63. The van der Waals surface area contributed by atoms with Crippen LogP contribution in [-0.4, -0.2) is 17.7 Å². The van der Waals surface area contributed by atoms with E-state index in [0.717, 1.165) is 0 Å². The van der Waals surface area contributed by atoms with E-state index in [1.165, 1.54) is 12.1 Å². The molecule has 0 saturated heterocycles. The van der Waals surface area contributed by atoms with Crippen molar-refractivity contribution < 1.29 is 19.0 Å². The van der Waals surface area contributed by atoms with Gasteiger partial charge >= 0.3 is 5.97 Å². The van der Waals surface area contributed by atoms with Gasteiger partial charge in [-0.25, -0.2) is 4.39 Å². The molecule has 0 aliphatic rings. The Balaban J connectivity index is 2.90. The summed E-state index contributed by atoms with van der Waals surface area (Å²) < 4.78 is 18.6. The van der Waals surface area contributed by atoms with Gasteiger partial charge in [0.15, 0.2) is 0 Å². The molecule has 1 aromatic carbocycles. The van der Waals surface area contributed by atoms with Gasteiger partial charge in [0.1, 0.15) is 18.2 Å². The highest BCUT2D eigenvalue weighted by Gasteiger charge is 2.28. The lowest BCUT2D eigenvalue weighted by molar-refractivity contribution is -0.148. The standard InChI is InChI=1S/C13H18FNO3/c1-8(15)10-5-4-9(14)6-11(10)18-7-13(2,3)12(16)17/h4-6,8H,7,15H2,1-3H3,(H,16,17). The van der Waals surface area contributed by atoms with E-state index in [0.29, 0.717) is 11.3 Å². The minimum absolute atomic E-state index is 0.0501. The number of hydrogen-bond acceptors (Lipinski definition) is 3. The summed E-state index contributed by atoms with van der Waals surface area (Å²) in [4.78, 5) is 10.9. The molecule has 0 amide bonds. The average molecular weight is 255 g/mol. The maximum Gasteiger partial charge on any atom is 0.312 e. The van der Waals surface area contributed by atoms with E-state index in [4.69, 9.17) is 15.6 Å². The van der Waals surface area contributed by atoms with Crippen LogP contribution in [0.1, 0.15) is 32.4 Å². The maximum absolute atomic E-state index is 13.2. The zero-order valence-corrected chi connectivity index (χ0v) is 10.7. The van der Waals surface area contributed by atoms with Crippen LogP contribution in [0.25, 0.3) is 0 Å². The zero-order chi connectivity index (χ0) is 13.9. The summed E-state index contributed by atoms with van der Waals surface area (Å²) in [5.41, 5.74) is 5.36. The lowest BCUT2D eigenvalue weighted by Gasteiger charge is -2.21. The van der Waals surface area contributed by atoms with Gasteiger partial charge in [0.25, 0.3) is 0 Å². The largest absolute Gasteiger partial charge is 0.492 e. The molecule has 1 atom stereocenters. The van der Waals surface area contributed by atoms with Crippen LogP contribution in [-0.2, 0) is 4.79 Å². The van der Waals surface area contributed by atoms with E-state index in [1.54, 1.807) is 26.8 Å². The molecule has 0 radical (unpaired) electrons. The van der Waals surface area contributed by atoms with E-state index >= 15 is 0 Å². The van der Waals surface area contributed by atoms with Crippen LogP contribution in [0.15, 0.2) is 18.2 Å². The molecule has 3 N–H and O–H groups in total. The fourth-order valence-electron chi connectivity index (χ4n) is 1.33. The normalized spacial score (nSPS) is 13.2. The monoisotopic (exact) mass is 255 g/mol. The van der Waals surface area contributed by atoms with Crippen LogP contribution in [0.5, 0.6) is 5.75 Å². The number of halogens is 1. The fourth-order valence-corrected chi connectivity index (χ4v) is 1.33. The Labute approximate surface area is 106 Å². The summed E-state index contributed by atoms with van der Waals surface area (Å²) >= 11 is 0. The minimum atomic E-state index is -1.04. The smallest absolute Gasteiger partial charge is 0.312 e. The van der Waals surface area contributed by atoms with Crippen molar-refractivity contribution >= 4 is 5.97 Å². The Bertz CT molecular complexity index is 444. The van der Waals surface area contributed by atoms with Crippen molar-refractivity contribution in [1.29, 1.82) is 0 Å². The predicted molar refractivity (Wildman–Crippen MR) is 65.9 cm³/mol. The van der Waals surface area contributed by atoms with Crippen LogP contribution in [0.3, 0.4) is 0 Å². The molecule has 4 nitrogen and oxygen atoms in total. The maximum atomic E-state index is 13.2. The second-order valence-corrected chi connectivity index (χ2v) is 4.95. The molecule has 0 bridgehead atoms. The van der Waals surface area contributed by atoms with Gasteiger partial charge in [-0.2, -0.15) is 0 Å². The summed E-state index contributed by atoms with van der Waals surface area (Å²) in [6.07, 6.45) is 0. The molecule has 1 unspecified atom stereocenters. The summed E-state index contributed by atoms with van der Waals surface area (Å²) in [6.45, 7) is 4.79. The van der Waals surface area contributed by atoms with Crippen molar-refractivity contribution in [2.24, 2.45) is 11.1 Å². The first kappa shape index (κ1) is 14.4. The molecular formula is C13H18FNO3. The first-order chi connectivity index (χ1) is 8.24. The SMILES string of the molecule is CC(N)c1ccc(F)cc1OCC(C)(C)C(=O)O. The molecule has 0 fully saturated rings. The van der Waals surface area contributed by atoms with Gasteiger partial charge in [0.05, 0.1) is 5.41 Å². The van der Waals surface area contributed by atoms with Crippen molar-refractivity contribution in [3.63, 3.8) is 0 Å². The second kappa shape index (κ2) is 5.35. The summed E-state index contributed by atoms with van der Waals surface area (Å²) in [5, 5.41) is 8.97. The highest BCUT2D eigenvalue weighted by Crippen LogP contribution is 2.27. The molecule has 0 spiro atoms. The van der Waals surface area contributed by atoms with Gasteiger partial charge in [0.2, 0.25) is 0 Å². The first-order valence-corrected chi connectivity index (χ1v) is 5.65. The number of hydrogen-bond donors (Lipinski definition) is 2. The Hall–Kier alpha value is -1.62. The van der Waals surface area contributed by atoms with Crippen LogP contribution >= 0.6 is 0 Å². The third kappa shape index (κ3) is 3.43. The number of benzene rings is 1. The molecule has 1 aromatic rings. The second-order valence-electron chi connectivity index (χ2n) is 4.95. The quantitative estimate of drug-likeness (QED) is 0.847. The van der Waals surface area contributed by atoms with Crippen LogP contribution < -0.4 is 10.5 Å². The number of carboxylic acid groups (broad SMARTS) is 1. The van der Waals surface area contributed by atoms with E-state index < -0.39 is 17.2 Å². The van der Waals surface area contributed by atoms with E-state index in [9.17, 15) is 9.18 Å². The number of nitrogens with two attached hydrogens (primary N) is 1. The van der Waals surface area contributed by atoms with Gasteiger partial charge in [0, 0.05) is 17.7 Å². The molecule has 0 aliphatic carbocycles. The molecule has 0 aromatic heterocycles. The van der Waals surface area contributed by atoms with Crippen LogP contribution in [0.4, 0.5) is 4.39 Å². The molecule has 0 aliphatic heterocycles. The van der Waals surface area contributed by atoms with Crippen molar-refractivity contribution in [2.75, 3.05) is 6.61 Å². The third-order valence-electron chi connectivity index (χ3n) is 2.63. The van der Waals surface area contributed by atoms with Gasteiger partial charge in [-0.05, 0) is 26.8 Å². The van der Waals surface area contributed by atoms with Crippen LogP contribution in [0.2, 0.25) is 0 Å². The molecule has 5 heteroatoms. The van der Waals surface area contributed by atoms with Gasteiger partial charge in [-0.1, -0.05) is 6.07 Å². The number of aliphatic carboxylic acids is 1. The Morgan fingerprint density at radius 3 is 2.67 bits per heavy atom. The van der Waals surface area contributed by atoms with E-state index in [-0.39, 0.29) is 12.6 Å². The van der Waals surface area contributed by atoms with Crippen LogP contribution in [0, 0.1) is 11.2 Å². The van der Waals surface area contributed by atoms with E-state index in [1.807, 2.05) is 0 Å². The number of carbonyl (C=O) groups is 1. The topological polar surface area (TPSA) is 72.5 Å². The van der Waals surface area contributed by atoms with Crippen molar-refractivity contribution in [2.45, 2.75) is 26.8 Å². The predicted octanol–water partition coefficient (Wildman–Crippen LogP) is 2.33. The van der Waals surface area contributed by atoms with Gasteiger partial charge in [-0.3, -0.25) is 4.79 Å². The number of rotatable bonds is 5. The lowest BCUT2D eigenvalue weighted by atomic mass is 9.95. The summed E-state index contributed by atoms with van der Waals surface area (Å²) in [7, 11) is 0. The number of ether oxygens (including phenoxy) is 1. The van der Waals surface area contributed by atoms with E-state index in [2.05, 4.69) is 0 Å². The van der Waals surface area contributed by atoms with Gasteiger partial charge < -0.3 is 15.6 Å². The molecular weight excluding hydrogens is 237 g/mol. The minimum Gasteiger partial charge on any atom is -0.492 e. The highest BCUT2D eigenvalue weighted by molar-refractivity contribution is 5.73. The average Bonchev–Trinajstić information content (AvgIpc) is 2.26. The summed E-state index contributed by atoms with van der Waals surface area (Å²) in [6, 6.07) is 3.75. The van der Waals surface area contributed by atoms with Crippen molar-refractivity contribution in [1.82, 2.24) is 0 Å². The Kier molecular flexibility index (Phi) is 4.29. The Morgan fingerprint density at radius 1 is 1.56 bits per heavy atom. The Morgan fingerprint density at radius 2 is 2.17 bits per heavy atom. The lowest BCUT2D eigenvalue weighted by Crippen LogP contribution is -2.31. The molecule has 18 heavy (non-hydrogen) atoms. The van der Waals surface area contributed by atoms with Crippen molar-refractivity contribution in [3.05, 3.63) is 29.6 Å².